The highest BCUT2D eigenvalue weighted by Crippen LogP contribution is 2.49. The van der Waals surface area contributed by atoms with Crippen molar-refractivity contribution in [2.45, 2.75) is 8.42 Å². The summed E-state index contributed by atoms with van der Waals surface area (Å²) in [6.07, 6.45) is 0. The highest BCUT2D eigenvalue weighted by Gasteiger charge is 2.28. The molecule has 3 nitrogen and oxygen atoms in total. The van der Waals surface area contributed by atoms with Crippen molar-refractivity contribution in [3.8, 4) is 33.8 Å². The Balaban J connectivity index is 2.13. The van der Waals surface area contributed by atoms with Crippen molar-refractivity contribution in [2.75, 3.05) is 14.2 Å². The van der Waals surface area contributed by atoms with Crippen LogP contribution in [0.5, 0.6) is 11.5 Å². The first-order valence-corrected chi connectivity index (χ1v) is 9.49. The maximum absolute atomic E-state index is 12.9. The molecule has 1 aromatic carbocycles. The van der Waals surface area contributed by atoms with E-state index in [1.54, 1.807) is 14.2 Å². The standard InChI is InChI=1S/C16H12O3S3/c1-18-13-7-11-9-3-5-20-15(9)22(17)16-10(4-6-21-16)12(11)8-14(13)19-2/h3-8H,1-2H3. The first kappa shape index (κ1) is 14.0. The summed E-state index contributed by atoms with van der Waals surface area (Å²) in [6.45, 7) is 0. The molecule has 0 atom stereocenters. The summed E-state index contributed by atoms with van der Waals surface area (Å²) in [5.41, 5.74) is 4.11. The quantitative estimate of drug-likeness (QED) is 0.529. The van der Waals surface area contributed by atoms with Crippen LogP contribution in [0.1, 0.15) is 0 Å². The average Bonchev–Trinajstić information content (AvgIpc) is 3.20. The van der Waals surface area contributed by atoms with E-state index in [9.17, 15) is 4.21 Å². The summed E-state index contributed by atoms with van der Waals surface area (Å²) in [5, 5.41) is 3.98. The number of fused-ring (bicyclic) bond motifs is 5. The number of benzene rings is 1. The first-order chi connectivity index (χ1) is 10.7. The van der Waals surface area contributed by atoms with Crippen LogP contribution in [0.25, 0.3) is 22.3 Å². The highest BCUT2D eigenvalue weighted by atomic mass is 32.2. The van der Waals surface area contributed by atoms with Crippen LogP contribution in [0.3, 0.4) is 0 Å². The van der Waals surface area contributed by atoms with Gasteiger partial charge in [-0.3, -0.25) is 0 Å². The second-order valence-electron chi connectivity index (χ2n) is 4.76. The van der Waals surface area contributed by atoms with Crippen LogP contribution >= 0.6 is 22.7 Å². The Hall–Kier alpha value is -1.63. The van der Waals surface area contributed by atoms with Gasteiger partial charge in [0.15, 0.2) is 11.5 Å². The number of hydrogen-bond acceptors (Lipinski definition) is 5. The lowest BCUT2D eigenvalue weighted by Gasteiger charge is -2.13. The minimum Gasteiger partial charge on any atom is -0.493 e. The summed E-state index contributed by atoms with van der Waals surface area (Å²) in [6, 6.07) is 8.01. The fourth-order valence-corrected chi connectivity index (χ4v) is 6.57. The molecular weight excluding hydrogens is 336 g/mol. The van der Waals surface area contributed by atoms with Crippen LogP contribution in [-0.2, 0) is 10.8 Å². The molecule has 0 fully saturated rings. The van der Waals surface area contributed by atoms with Gasteiger partial charge in [0.2, 0.25) is 0 Å². The van der Waals surface area contributed by atoms with Gasteiger partial charge in [0.25, 0.3) is 0 Å². The maximum Gasteiger partial charge on any atom is 0.161 e. The maximum atomic E-state index is 12.9. The van der Waals surface area contributed by atoms with Crippen molar-refractivity contribution in [1.29, 1.82) is 0 Å². The predicted octanol–water partition coefficient (Wildman–Crippen LogP) is 4.64. The monoisotopic (exact) mass is 348 g/mol. The molecule has 3 heterocycles. The summed E-state index contributed by atoms with van der Waals surface area (Å²) in [5.74, 6) is 1.37. The van der Waals surface area contributed by atoms with Gasteiger partial charge in [-0.2, -0.15) is 0 Å². The fourth-order valence-electron chi connectivity index (χ4n) is 2.69. The van der Waals surface area contributed by atoms with Gasteiger partial charge in [-0.15, -0.1) is 22.7 Å². The topological polar surface area (TPSA) is 35.5 Å². The van der Waals surface area contributed by atoms with Gasteiger partial charge in [-0.25, -0.2) is 4.21 Å². The zero-order valence-corrected chi connectivity index (χ0v) is 14.4. The van der Waals surface area contributed by atoms with E-state index in [-0.39, 0.29) is 0 Å². The van der Waals surface area contributed by atoms with E-state index in [1.807, 2.05) is 35.0 Å². The lowest BCUT2D eigenvalue weighted by Crippen LogP contribution is -1.93. The Bertz CT molecular complexity index is 821. The van der Waals surface area contributed by atoms with E-state index >= 15 is 0 Å². The molecule has 0 bridgehead atoms. The number of methoxy groups -OCH3 is 2. The molecule has 1 aliphatic heterocycles. The Morgan fingerprint density at radius 2 is 1.27 bits per heavy atom. The molecule has 0 amide bonds. The van der Waals surface area contributed by atoms with E-state index in [0.29, 0.717) is 11.5 Å². The van der Waals surface area contributed by atoms with Crippen LogP contribution in [0.4, 0.5) is 0 Å². The molecule has 6 heteroatoms. The molecule has 22 heavy (non-hydrogen) atoms. The van der Waals surface area contributed by atoms with Crippen LogP contribution in [-0.4, -0.2) is 18.4 Å². The predicted molar refractivity (Wildman–Crippen MR) is 90.8 cm³/mol. The van der Waals surface area contributed by atoms with E-state index < -0.39 is 10.8 Å². The zero-order valence-electron chi connectivity index (χ0n) is 11.9. The lowest BCUT2D eigenvalue weighted by molar-refractivity contribution is 0.355. The third-order valence-electron chi connectivity index (χ3n) is 3.70. The number of hydrogen-bond donors (Lipinski definition) is 0. The van der Waals surface area contributed by atoms with E-state index in [1.165, 1.54) is 22.7 Å². The number of rotatable bonds is 2. The lowest BCUT2D eigenvalue weighted by atomic mass is 9.97. The summed E-state index contributed by atoms with van der Waals surface area (Å²) >= 11 is 3.07. The Morgan fingerprint density at radius 1 is 0.818 bits per heavy atom. The van der Waals surface area contributed by atoms with Gasteiger partial charge in [0.05, 0.1) is 14.2 Å². The van der Waals surface area contributed by atoms with Gasteiger partial charge < -0.3 is 9.47 Å². The van der Waals surface area contributed by atoms with Gasteiger partial charge in [-0.05, 0) is 46.2 Å². The molecule has 112 valence electrons. The van der Waals surface area contributed by atoms with Crippen LogP contribution in [0, 0.1) is 0 Å². The summed E-state index contributed by atoms with van der Waals surface area (Å²) < 4.78 is 25.6. The molecule has 0 spiro atoms. The Kier molecular flexibility index (Phi) is 3.32. The van der Waals surface area contributed by atoms with Crippen molar-refractivity contribution in [3.05, 3.63) is 35.0 Å². The zero-order chi connectivity index (χ0) is 15.3. The van der Waals surface area contributed by atoms with Crippen molar-refractivity contribution in [1.82, 2.24) is 0 Å². The van der Waals surface area contributed by atoms with Crippen LogP contribution in [0.2, 0.25) is 0 Å². The molecule has 2 aromatic heterocycles. The largest absolute Gasteiger partial charge is 0.493 e. The van der Waals surface area contributed by atoms with E-state index in [4.69, 9.17) is 9.47 Å². The minimum absolute atomic E-state index is 0.683. The highest BCUT2D eigenvalue weighted by molar-refractivity contribution is 7.89. The molecule has 0 saturated carbocycles. The van der Waals surface area contributed by atoms with Gasteiger partial charge in [0.1, 0.15) is 19.2 Å². The Morgan fingerprint density at radius 3 is 1.68 bits per heavy atom. The van der Waals surface area contributed by atoms with Gasteiger partial charge in [0, 0.05) is 11.1 Å². The first-order valence-electron chi connectivity index (χ1n) is 6.58. The van der Waals surface area contributed by atoms with Crippen molar-refractivity contribution in [2.24, 2.45) is 0 Å². The molecule has 0 unspecified atom stereocenters. The molecule has 0 N–H and O–H groups in total. The number of ether oxygens (including phenoxy) is 2. The van der Waals surface area contributed by atoms with Crippen LogP contribution < -0.4 is 9.47 Å². The average molecular weight is 348 g/mol. The summed E-state index contributed by atoms with van der Waals surface area (Å²) in [7, 11) is 2.12. The fraction of sp³-hybridized carbons (Fsp3) is 0.125. The molecule has 1 aliphatic rings. The third-order valence-corrected chi connectivity index (χ3v) is 7.71. The smallest absolute Gasteiger partial charge is 0.161 e. The minimum atomic E-state index is -1.13. The second-order valence-corrected chi connectivity index (χ2v) is 8.47. The van der Waals surface area contributed by atoms with Crippen molar-refractivity contribution in [3.63, 3.8) is 0 Å². The second kappa shape index (κ2) is 5.22. The SMILES string of the molecule is COc1cc2c(cc1OC)-c1ccsc1S(=O)c1sccc1-2. The van der Waals surface area contributed by atoms with Gasteiger partial charge >= 0.3 is 0 Å². The molecule has 4 rings (SSSR count). The van der Waals surface area contributed by atoms with Crippen LogP contribution in [0.15, 0.2) is 43.4 Å². The molecule has 0 radical (unpaired) electrons. The summed E-state index contributed by atoms with van der Waals surface area (Å²) in [4.78, 5) is 0. The van der Waals surface area contributed by atoms with E-state index in [2.05, 4.69) is 0 Å². The normalized spacial score (nSPS) is 13.0. The third kappa shape index (κ3) is 1.87. The number of thiophene rings is 2. The molecule has 0 aliphatic carbocycles. The molecule has 0 saturated heterocycles. The molecule has 3 aromatic rings. The van der Waals surface area contributed by atoms with E-state index in [0.717, 1.165) is 30.7 Å². The van der Waals surface area contributed by atoms with Gasteiger partial charge in [-0.1, -0.05) is 0 Å². The molecular formula is C16H12O3S3. The van der Waals surface area contributed by atoms with Crippen molar-refractivity contribution < 1.29 is 13.7 Å². The van der Waals surface area contributed by atoms with Crippen molar-refractivity contribution >= 4 is 33.5 Å². The Labute approximate surface area is 138 Å².